The molecule has 0 radical (unpaired) electrons. The maximum Gasteiger partial charge on any atom is 0.254 e. The SMILES string of the molecule is Cc1cccc(C(=O)N[C@@H](C)c2nnc(SCC(=O)Nc3cccc(C(=O)N4CCOCC4)c3)n2C)c1. The van der Waals surface area contributed by atoms with Crippen LogP contribution in [0.2, 0.25) is 0 Å². The van der Waals surface area contributed by atoms with E-state index in [1.165, 1.54) is 11.8 Å². The number of nitrogens with zero attached hydrogens (tertiary/aromatic N) is 4. The zero-order valence-electron chi connectivity index (χ0n) is 21.1. The van der Waals surface area contributed by atoms with Gasteiger partial charge in [-0.05, 0) is 44.2 Å². The van der Waals surface area contributed by atoms with Crippen LogP contribution in [0.3, 0.4) is 0 Å². The minimum Gasteiger partial charge on any atom is -0.378 e. The van der Waals surface area contributed by atoms with Gasteiger partial charge in [-0.2, -0.15) is 0 Å². The smallest absolute Gasteiger partial charge is 0.254 e. The second kappa shape index (κ2) is 12.0. The summed E-state index contributed by atoms with van der Waals surface area (Å²) in [4.78, 5) is 39.6. The predicted octanol–water partition coefficient (Wildman–Crippen LogP) is 2.82. The highest BCUT2D eigenvalue weighted by Crippen LogP contribution is 2.20. The molecule has 10 nitrogen and oxygen atoms in total. The molecule has 0 unspecified atom stereocenters. The Hall–Kier alpha value is -3.70. The molecule has 11 heteroatoms. The van der Waals surface area contributed by atoms with E-state index in [1.54, 1.807) is 46.8 Å². The molecule has 1 fully saturated rings. The first-order valence-electron chi connectivity index (χ1n) is 12.0. The van der Waals surface area contributed by atoms with Gasteiger partial charge in [-0.15, -0.1) is 10.2 Å². The molecule has 1 aliphatic rings. The molecular formula is C26H30N6O4S. The van der Waals surface area contributed by atoms with Crippen LogP contribution in [0.1, 0.15) is 45.1 Å². The number of morpholine rings is 1. The normalized spacial score (nSPS) is 14.2. The number of thioether (sulfide) groups is 1. The van der Waals surface area contributed by atoms with E-state index in [4.69, 9.17) is 4.74 Å². The lowest BCUT2D eigenvalue weighted by Gasteiger charge is -2.27. The van der Waals surface area contributed by atoms with E-state index < -0.39 is 0 Å². The van der Waals surface area contributed by atoms with Gasteiger partial charge in [0, 0.05) is 37.0 Å². The molecule has 37 heavy (non-hydrogen) atoms. The third kappa shape index (κ3) is 6.75. The zero-order valence-corrected chi connectivity index (χ0v) is 21.9. The number of hydrogen-bond donors (Lipinski definition) is 2. The van der Waals surface area contributed by atoms with Crippen molar-refractivity contribution in [2.45, 2.75) is 25.0 Å². The largest absolute Gasteiger partial charge is 0.378 e. The Labute approximate surface area is 219 Å². The van der Waals surface area contributed by atoms with Gasteiger partial charge in [-0.1, -0.05) is 35.5 Å². The van der Waals surface area contributed by atoms with E-state index >= 15 is 0 Å². The summed E-state index contributed by atoms with van der Waals surface area (Å²) in [5.74, 6) is 0.188. The number of rotatable bonds is 8. The van der Waals surface area contributed by atoms with Gasteiger partial charge in [-0.25, -0.2) is 0 Å². The van der Waals surface area contributed by atoms with Crippen LogP contribution in [-0.4, -0.2) is 69.4 Å². The number of amides is 3. The lowest BCUT2D eigenvalue weighted by Crippen LogP contribution is -2.40. The number of aromatic nitrogens is 3. The minimum atomic E-state index is -0.375. The average molecular weight is 523 g/mol. The van der Waals surface area contributed by atoms with Crippen molar-refractivity contribution in [2.24, 2.45) is 7.05 Å². The first kappa shape index (κ1) is 26.4. The summed E-state index contributed by atoms with van der Waals surface area (Å²) >= 11 is 1.24. The highest BCUT2D eigenvalue weighted by Gasteiger charge is 2.20. The fourth-order valence-electron chi connectivity index (χ4n) is 3.97. The summed E-state index contributed by atoms with van der Waals surface area (Å²) in [5.41, 5.74) is 2.66. The fourth-order valence-corrected chi connectivity index (χ4v) is 4.68. The molecule has 1 atom stereocenters. The average Bonchev–Trinajstić information content (AvgIpc) is 3.27. The van der Waals surface area contributed by atoms with Crippen LogP contribution < -0.4 is 10.6 Å². The molecule has 2 aromatic carbocycles. The number of ether oxygens (including phenoxy) is 1. The Bertz CT molecular complexity index is 1290. The third-order valence-corrected chi connectivity index (χ3v) is 6.93. The van der Waals surface area contributed by atoms with Crippen molar-refractivity contribution in [2.75, 3.05) is 37.4 Å². The van der Waals surface area contributed by atoms with E-state index in [-0.39, 0.29) is 29.5 Å². The van der Waals surface area contributed by atoms with E-state index in [0.29, 0.717) is 54.1 Å². The second-order valence-corrected chi connectivity index (χ2v) is 9.73. The standard InChI is InChI=1S/C26H30N6O4S/c1-17-6-4-7-19(14-17)24(34)27-18(2)23-29-30-26(31(23)3)37-16-22(33)28-21-9-5-8-20(15-21)25(35)32-10-12-36-13-11-32/h4-9,14-15,18H,10-13,16H2,1-3H3,(H,27,34)(H,28,33)/t18-/m0/s1. The van der Waals surface area contributed by atoms with Crippen LogP contribution in [0.4, 0.5) is 5.69 Å². The maximum atomic E-state index is 12.7. The number of aryl methyl sites for hydroxylation is 1. The Morgan fingerprint density at radius 2 is 1.78 bits per heavy atom. The molecule has 1 aromatic heterocycles. The first-order valence-corrected chi connectivity index (χ1v) is 13.0. The minimum absolute atomic E-state index is 0.0796. The van der Waals surface area contributed by atoms with Gasteiger partial charge < -0.3 is 24.8 Å². The van der Waals surface area contributed by atoms with Gasteiger partial charge in [0.05, 0.1) is 25.0 Å². The van der Waals surface area contributed by atoms with Crippen LogP contribution in [0.5, 0.6) is 0 Å². The summed E-state index contributed by atoms with van der Waals surface area (Å²) in [7, 11) is 1.80. The number of carbonyl (C=O) groups is 3. The van der Waals surface area contributed by atoms with Crippen molar-refractivity contribution in [1.29, 1.82) is 0 Å². The summed E-state index contributed by atoms with van der Waals surface area (Å²) in [6, 6.07) is 13.9. The maximum absolute atomic E-state index is 12.7. The van der Waals surface area contributed by atoms with Gasteiger partial charge >= 0.3 is 0 Å². The lowest BCUT2D eigenvalue weighted by molar-refractivity contribution is -0.113. The molecular weight excluding hydrogens is 492 g/mol. The summed E-state index contributed by atoms with van der Waals surface area (Å²) in [5, 5.41) is 14.7. The second-order valence-electron chi connectivity index (χ2n) is 8.79. The quantitative estimate of drug-likeness (QED) is 0.437. The van der Waals surface area contributed by atoms with E-state index in [1.807, 2.05) is 32.0 Å². The Balaban J connectivity index is 1.31. The van der Waals surface area contributed by atoms with Crippen molar-refractivity contribution in [3.05, 3.63) is 71.0 Å². The molecule has 3 aromatic rings. The number of hydrogen-bond acceptors (Lipinski definition) is 7. The number of nitrogens with one attached hydrogen (secondary N) is 2. The highest BCUT2D eigenvalue weighted by atomic mass is 32.2. The molecule has 1 aliphatic heterocycles. The molecule has 2 heterocycles. The van der Waals surface area contributed by atoms with Crippen LogP contribution in [0.15, 0.2) is 53.7 Å². The van der Waals surface area contributed by atoms with Crippen molar-refractivity contribution < 1.29 is 19.1 Å². The molecule has 3 amide bonds. The van der Waals surface area contributed by atoms with Crippen molar-refractivity contribution in [3.8, 4) is 0 Å². The van der Waals surface area contributed by atoms with E-state index in [9.17, 15) is 14.4 Å². The van der Waals surface area contributed by atoms with Crippen molar-refractivity contribution in [1.82, 2.24) is 25.0 Å². The van der Waals surface area contributed by atoms with Crippen LogP contribution in [0, 0.1) is 6.92 Å². The molecule has 0 aliphatic carbocycles. The molecule has 0 spiro atoms. The fraction of sp³-hybridized carbons (Fsp3) is 0.346. The van der Waals surface area contributed by atoms with Gasteiger partial charge in [-0.3, -0.25) is 14.4 Å². The van der Waals surface area contributed by atoms with Crippen molar-refractivity contribution >= 4 is 35.2 Å². The number of carbonyl (C=O) groups excluding carboxylic acids is 3. The Kier molecular flexibility index (Phi) is 8.57. The summed E-state index contributed by atoms with van der Waals surface area (Å²) in [6.45, 7) is 5.94. The lowest BCUT2D eigenvalue weighted by atomic mass is 10.1. The topological polar surface area (TPSA) is 118 Å². The highest BCUT2D eigenvalue weighted by molar-refractivity contribution is 7.99. The first-order chi connectivity index (χ1) is 17.8. The molecule has 2 N–H and O–H groups in total. The summed E-state index contributed by atoms with van der Waals surface area (Å²) < 4.78 is 7.07. The third-order valence-electron chi connectivity index (χ3n) is 5.91. The van der Waals surface area contributed by atoms with Crippen LogP contribution in [0.25, 0.3) is 0 Å². The van der Waals surface area contributed by atoms with Crippen LogP contribution >= 0.6 is 11.8 Å². The van der Waals surface area contributed by atoms with Gasteiger partial charge in [0.25, 0.3) is 11.8 Å². The molecule has 194 valence electrons. The number of anilines is 1. The molecule has 4 rings (SSSR count). The number of benzene rings is 2. The Morgan fingerprint density at radius 1 is 1.05 bits per heavy atom. The summed E-state index contributed by atoms with van der Waals surface area (Å²) in [6.07, 6.45) is 0. The van der Waals surface area contributed by atoms with E-state index in [2.05, 4.69) is 20.8 Å². The van der Waals surface area contributed by atoms with Gasteiger partial charge in [0.15, 0.2) is 11.0 Å². The molecule has 1 saturated heterocycles. The molecule has 0 saturated carbocycles. The monoisotopic (exact) mass is 522 g/mol. The molecule has 0 bridgehead atoms. The van der Waals surface area contributed by atoms with E-state index in [0.717, 1.165) is 5.56 Å². The zero-order chi connectivity index (χ0) is 26.4. The van der Waals surface area contributed by atoms with Crippen LogP contribution in [-0.2, 0) is 16.6 Å². The predicted molar refractivity (Wildman–Crippen MR) is 141 cm³/mol. The van der Waals surface area contributed by atoms with Gasteiger partial charge in [0.1, 0.15) is 0 Å². The van der Waals surface area contributed by atoms with Crippen molar-refractivity contribution in [3.63, 3.8) is 0 Å². The Morgan fingerprint density at radius 3 is 2.54 bits per heavy atom. The van der Waals surface area contributed by atoms with Gasteiger partial charge in [0.2, 0.25) is 5.91 Å².